The second-order valence-corrected chi connectivity index (χ2v) is 12.0. The molecule has 3 saturated carbocycles. The Morgan fingerprint density at radius 2 is 1.83 bits per heavy atom. The Balaban J connectivity index is 1.54. The first-order chi connectivity index (χ1) is 14.2. The molecule has 0 aliphatic heterocycles. The van der Waals surface area contributed by atoms with E-state index in [0.29, 0.717) is 28.6 Å². The Morgan fingerprint density at radius 1 is 1.13 bits per heavy atom. The van der Waals surface area contributed by atoms with Crippen LogP contribution in [0, 0.1) is 46.3 Å². The molecule has 0 saturated heterocycles. The summed E-state index contributed by atoms with van der Waals surface area (Å²) in [6, 6.07) is 0. The second kappa shape index (κ2) is 8.27. The number of rotatable bonds is 5. The summed E-state index contributed by atoms with van der Waals surface area (Å²) in [6.07, 6.45) is 18.8. The van der Waals surface area contributed by atoms with E-state index in [4.69, 9.17) is 0 Å². The van der Waals surface area contributed by atoms with E-state index >= 15 is 0 Å². The highest BCUT2D eigenvalue weighted by Gasteiger charge is 2.57. The number of fused-ring (bicyclic) bond motifs is 5. The van der Waals surface area contributed by atoms with Crippen LogP contribution in [0.4, 0.5) is 0 Å². The third-order valence-electron chi connectivity index (χ3n) is 10.5. The molecule has 4 aliphatic carbocycles. The van der Waals surface area contributed by atoms with Crippen molar-refractivity contribution in [1.82, 2.24) is 0 Å². The summed E-state index contributed by atoms with van der Waals surface area (Å²) in [5.74, 6) is 4.27. The van der Waals surface area contributed by atoms with E-state index in [1.165, 1.54) is 44.1 Å². The Morgan fingerprint density at radius 3 is 2.53 bits per heavy atom. The van der Waals surface area contributed by atoms with Crippen LogP contribution >= 0.6 is 0 Å². The average Bonchev–Trinajstić information content (AvgIpc) is 3.06. The highest BCUT2D eigenvalue weighted by Crippen LogP contribution is 2.66. The Kier molecular flexibility index (Phi) is 6.17. The van der Waals surface area contributed by atoms with Crippen molar-refractivity contribution in [2.45, 2.75) is 98.5 Å². The lowest BCUT2D eigenvalue weighted by atomic mass is 9.47. The summed E-state index contributed by atoms with van der Waals surface area (Å²) >= 11 is 0. The van der Waals surface area contributed by atoms with Crippen LogP contribution in [0.3, 0.4) is 0 Å². The van der Waals surface area contributed by atoms with Crippen LogP contribution in [0.25, 0.3) is 0 Å². The fourth-order valence-corrected chi connectivity index (χ4v) is 8.49. The van der Waals surface area contributed by atoms with E-state index in [2.05, 4.69) is 59.4 Å². The van der Waals surface area contributed by atoms with Gasteiger partial charge in [0.2, 0.25) is 0 Å². The van der Waals surface area contributed by atoms with E-state index < -0.39 is 0 Å². The van der Waals surface area contributed by atoms with Gasteiger partial charge in [0.25, 0.3) is 0 Å². The Bertz CT molecular complexity index is 716. The molecule has 1 heteroatoms. The zero-order valence-corrected chi connectivity index (χ0v) is 20.3. The van der Waals surface area contributed by atoms with Crippen molar-refractivity contribution in [3.63, 3.8) is 0 Å². The van der Waals surface area contributed by atoms with Gasteiger partial charge in [-0.2, -0.15) is 0 Å². The van der Waals surface area contributed by atoms with Gasteiger partial charge in [0.05, 0.1) is 6.10 Å². The minimum atomic E-state index is -0.0541. The number of hydrogen-bond donors (Lipinski definition) is 1. The first kappa shape index (κ1) is 22.4. The van der Waals surface area contributed by atoms with Gasteiger partial charge in [-0.25, -0.2) is 0 Å². The van der Waals surface area contributed by atoms with Crippen LogP contribution in [0.5, 0.6) is 0 Å². The standard InChI is InChI=1S/C29H46O/c1-7-21(19(2)3)9-8-20(4)25-12-13-26-24-11-10-22-18-23(30)14-16-28(22,5)27(24)15-17-29(25,26)6/h8-9,11,20-23,25-27,30H,2,7,10,12-18H2,1,3-6H3/t20-,21-,22+,23+,25-,26+,27+,28+,29-/m1/s1. The molecule has 0 spiro atoms. The molecule has 1 N–H and O–H groups in total. The summed E-state index contributed by atoms with van der Waals surface area (Å²) < 4.78 is 0. The molecule has 4 rings (SSSR count). The molecule has 3 fully saturated rings. The monoisotopic (exact) mass is 410 g/mol. The van der Waals surface area contributed by atoms with Gasteiger partial charge in [-0.3, -0.25) is 0 Å². The number of aliphatic hydroxyl groups excluding tert-OH is 1. The zero-order valence-electron chi connectivity index (χ0n) is 20.3. The minimum Gasteiger partial charge on any atom is -0.393 e. The Labute approximate surface area is 186 Å². The average molecular weight is 411 g/mol. The van der Waals surface area contributed by atoms with Gasteiger partial charge in [-0.15, -0.1) is 0 Å². The summed E-state index contributed by atoms with van der Waals surface area (Å²) in [4.78, 5) is 0. The minimum absolute atomic E-state index is 0.0541. The van der Waals surface area contributed by atoms with Crippen LogP contribution < -0.4 is 0 Å². The van der Waals surface area contributed by atoms with Gasteiger partial charge in [0.1, 0.15) is 0 Å². The summed E-state index contributed by atoms with van der Waals surface area (Å²) in [5.41, 5.74) is 4.04. The number of hydrogen-bond acceptors (Lipinski definition) is 1. The first-order valence-corrected chi connectivity index (χ1v) is 12.9. The highest BCUT2D eigenvalue weighted by molar-refractivity contribution is 5.28. The topological polar surface area (TPSA) is 20.2 Å². The number of allylic oxidation sites excluding steroid dienone is 5. The van der Waals surface area contributed by atoms with E-state index in [0.717, 1.165) is 37.0 Å². The maximum absolute atomic E-state index is 10.3. The van der Waals surface area contributed by atoms with Gasteiger partial charge >= 0.3 is 0 Å². The van der Waals surface area contributed by atoms with Crippen LogP contribution in [0.2, 0.25) is 0 Å². The van der Waals surface area contributed by atoms with Crippen LogP contribution in [0.1, 0.15) is 92.4 Å². The summed E-state index contributed by atoms with van der Waals surface area (Å²) in [7, 11) is 0. The van der Waals surface area contributed by atoms with Gasteiger partial charge < -0.3 is 5.11 Å². The molecule has 0 aromatic heterocycles. The molecule has 0 amide bonds. The molecule has 168 valence electrons. The number of aliphatic hydroxyl groups is 1. The zero-order chi connectivity index (χ0) is 21.7. The lowest BCUT2D eigenvalue weighted by Crippen LogP contribution is -2.49. The molecule has 0 bridgehead atoms. The summed E-state index contributed by atoms with van der Waals surface area (Å²) in [5, 5.41) is 10.3. The Hall–Kier alpha value is -0.820. The molecule has 9 atom stereocenters. The van der Waals surface area contributed by atoms with E-state index in [-0.39, 0.29) is 6.10 Å². The van der Waals surface area contributed by atoms with Gasteiger partial charge in [-0.05, 0) is 111 Å². The predicted molar refractivity (Wildman–Crippen MR) is 128 cm³/mol. The van der Waals surface area contributed by atoms with E-state index in [1.807, 2.05) is 5.57 Å². The largest absolute Gasteiger partial charge is 0.393 e. The van der Waals surface area contributed by atoms with Gasteiger partial charge in [0, 0.05) is 0 Å². The third-order valence-corrected chi connectivity index (χ3v) is 10.5. The highest BCUT2D eigenvalue weighted by atomic mass is 16.3. The van der Waals surface area contributed by atoms with E-state index in [9.17, 15) is 5.11 Å². The molecular formula is C29H46O. The van der Waals surface area contributed by atoms with Crippen LogP contribution in [-0.4, -0.2) is 11.2 Å². The molecule has 4 aliphatic rings. The SMILES string of the molecule is C=C(C)[C@@H](C=C[C@@H](C)[C@H]1CC[C@H]2C3=CC[C@H]4C[C@@H](O)CC[C@]4(C)[C@H]3CC[C@]12C)CC. The lowest BCUT2D eigenvalue weighted by molar-refractivity contribution is -0.0414. The van der Waals surface area contributed by atoms with Crippen molar-refractivity contribution >= 4 is 0 Å². The van der Waals surface area contributed by atoms with Crippen molar-refractivity contribution in [3.05, 3.63) is 36.0 Å². The molecule has 0 heterocycles. The van der Waals surface area contributed by atoms with Gasteiger partial charge in [0.15, 0.2) is 0 Å². The molecule has 0 aromatic carbocycles. The third kappa shape index (κ3) is 3.58. The molecule has 0 aromatic rings. The van der Waals surface area contributed by atoms with Crippen molar-refractivity contribution in [1.29, 1.82) is 0 Å². The smallest absolute Gasteiger partial charge is 0.0543 e. The fraction of sp³-hybridized carbons (Fsp3) is 0.793. The second-order valence-electron chi connectivity index (χ2n) is 12.0. The predicted octanol–water partition coefficient (Wildman–Crippen LogP) is 7.72. The normalized spacial score (nSPS) is 45.3. The molecule has 30 heavy (non-hydrogen) atoms. The van der Waals surface area contributed by atoms with Crippen molar-refractivity contribution < 1.29 is 5.11 Å². The fourth-order valence-electron chi connectivity index (χ4n) is 8.49. The van der Waals surface area contributed by atoms with Crippen LogP contribution in [0.15, 0.2) is 36.0 Å². The maximum Gasteiger partial charge on any atom is 0.0543 e. The van der Waals surface area contributed by atoms with Crippen molar-refractivity contribution in [2.24, 2.45) is 46.3 Å². The van der Waals surface area contributed by atoms with Crippen LogP contribution in [-0.2, 0) is 0 Å². The first-order valence-electron chi connectivity index (χ1n) is 12.9. The van der Waals surface area contributed by atoms with Gasteiger partial charge in [-0.1, -0.05) is 63.6 Å². The molecule has 1 nitrogen and oxygen atoms in total. The molecular weight excluding hydrogens is 364 g/mol. The maximum atomic E-state index is 10.3. The van der Waals surface area contributed by atoms with E-state index in [1.54, 1.807) is 0 Å². The van der Waals surface area contributed by atoms with Crippen molar-refractivity contribution in [2.75, 3.05) is 0 Å². The quantitative estimate of drug-likeness (QED) is 0.460. The van der Waals surface area contributed by atoms with Crippen molar-refractivity contribution in [3.8, 4) is 0 Å². The molecule has 0 radical (unpaired) electrons. The molecule has 0 unspecified atom stereocenters. The summed E-state index contributed by atoms with van der Waals surface area (Å²) in [6.45, 7) is 16.3. The lowest BCUT2D eigenvalue weighted by Gasteiger charge is -2.57.